The smallest absolute Gasteiger partial charge is 0.310 e. The number of carbonyl (C=O) groups is 4. The molecule has 3 heterocycles. The Bertz CT molecular complexity index is 1160. The van der Waals surface area contributed by atoms with Crippen molar-refractivity contribution >= 4 is 23.7 Å². The van der Waals surface area contributed by atoms with Crippen molar-refractivity contribution in [2.24, 2.45) is 5.92 Å². The topological polar surface area (TPSA) is 114 Å². The Balaban J connectivity index is 1.39. The van der Waals surface area contributed by atoms with Gasteiger partial charge in [0.05, 0.1) is 12.5 Å². The van der Waals surface area contributed by atoms with Gasteiger partial charge in [-0.1, -0.05) is 29.8 Å². The highest BCUT2D eigenvalue weighted by atomic mass is 16.5. The van der Waals surface area contributed by atoms with Gasteiger partial charge in [0.15, 0.2) is 5.69 Å². The highest BCUT2D eigenvalue weighted by Crippen LogP contribution is 2.20. The second kappa shape index (κ2) is 11.6. The number of likely N-dealkylation sites (tertiary alicyclic amines) is 1. The van der Waals surface area contributed by atoms with Crippen molar-refractivity contribution in [3.8, 4) is 0 Å². The Morgan fingerprint density at radius 3 is 2.62 bits per heavy atom. The molecule has 1 aromatic carbocycles. The summed E-state index contributed by atoms with van der Waals surface area (Å²) in [5.41, 5.74) is 2.66. The van der Waals surface area contributed by atoms with Crippen LogP contribution in [-0.4, -0.2) is 75.6 Å². The Kier molecular flexibility index (Phi) is 8.25. The number of fused-ring (bicyclic) bond motifs is 1. The third-order valence-corrected chi connectivity index (χ3v) is 6.88. The molecule has 0 unspecified atom stereocenters. The fourth-order valence-electron chi connectivity index (χ4n) is 4.85. The molecular weight excluding hydrogens is 474 g/mol. The number of nitrogens with zero attached hydrogens (tertiary/aromatic N) is 4. The standard InChI is InChI=1S/C27H35N5O5/c1-4-37-27(36)21-7-5-12-31(17-21)25(34)19(3)28-24(33)22-15-23-26(35)30(13-6-14-32(23)29-22)16-20-10-8-18(2)9-11-20/h8-11,15,19,21H,4-7,12-14,16-17H2,1-3H3,(H,28,33)/t19-,21-/m1/s1. The second-order valence-corrected chi connectivity index (χ2v) is 9.77. The highest BCUT2D eigenvalue weighted by molar-refractivity contribution is 5.99. The summed E-state index contributed by atoms with van der Waals surface area (Å²) in [6.45, 7) is 8.11. The number of hydrogen-bond acceptors (Lipinski definition) is 6. The lowest BCUT2D eigenvalue weighted by Gasteiger charge is -2.33. The Hall–Kier alpha value is -3.69. The number of rotatable bonds is 7. The van der Waals surface area contributed by atoms with E-state index >= 15 is 0 Å². The number of piperidine rings is 1. The quantitative estimate of drug-likeness (QED) is 0.572. The van der Waals surface area contributed by atoms with Crippen molar-refractivity contribution in [2.45, 2.75) is 59.2 Å². The lowest BCUT2D eigenvalue weighted by molar-refractivity contribution is -0.151. The van der Waals surface area contributed by atoms with Crippen LogP contribution in [0.2, 0.25) is 0 Å². The summed E-state index contributed by atoms with van der Waals surface area (Å²) in [7, 11) is 0. The van der Waals surface area contributed by atoms with Gasteiger partial charge in [-0.05, 0) is 45.6 Å². The van der Waals surface area contributed by atoms with Crippen LogP contribution in [-0.2, 0) is 27.4 Å². The van der Waals surface area contributed by atoms with Gasteiger partial charge in [0.2, 0.25) is 5.91 Å². The minimum absolute atomic E-state index is 0.100. The maximum Gasteiger partial charge on any atom is 0.310 e. The average Bonchev–Trinajstić information content (AvgIpc) is 3.27. The van der Waals surface area contributed by atoms with E-state index in [0.717, 1.165) is 17.5 Å². The number of aryl methyl sites for hydroxylation is 2. The fraction of sp³-hybridized carbons (Fsp3) is 0.519. The largest absolute Gasteiger partial charge is 0.466 e. The number of amides is 3. The van der Waals surface area contributed by atoms with Gasteiger partial charge in [-0.15, -0.1) is 0 Å². The molecule has 2 aliphatic heterocycles. The summed E-state index contributed by atoms with van der Waals surface area (Å²) in [6, 6.07) is 8.77. The first-order valence-electron chi connectivity index (χ1n) is 13.0. The van der Waals surface area contributed by atoms with Crippen molar-refractivity contribution in [1.82, 2.24) is 24.9 Å². The molecule has 0 radical (unpaired) electrons. The lowest BCUT2D eigenvalue weighted by atomic mass is 9.97. The van der Waals surface area contributed by atoms with Crippen LogP contribution in [0.1, 0.15) is 65.2 Å². The third kappa shape index (κ3) is 6.18. The van der Waals surface area contributed by atoms with Crippen LogP contribution in [0.3, 0.4) is 0 Å². The second-order valence-electron chi connectivity index (χ2n) is 9.77. The maximum atomic E-state index is 13.2. The summed E-state index contributed by atoms with van der Waals surface area (Å²) in [4.78, 5) is 54.7. The van der Waals surface area contributed by atoms with Gasteiger partial charge in [-0.25, -0.2) is 0 Å². The van der Waals surface area contributed by atoms with Gasteiger partial charge in [-0.3, -0.25) is 23.9 Å². The molecule has 10 heteroatoms. The molecular formula is C27H35N5O5. The number of benzene rings is 1. The molecule has 1 fully saturated rings. The first-order valence-corrected chi connectivity index (χ1v) is 13.0. The first kappa shape index (κ1) is 26.4. The molecule has 1 N–H and O–H groups in total. The van der Waals surface area contributed by atoms with E-state index in [4.69, 9.17) is 4.74 Å². The van der Waals surface area contributed by atoms with Gasteiger partial charge in [-0.2, -0.15) is 5.10 Å². The number of ether oxygens (including phenoxy) is 1. The van der Waals surface area contributed by atoms with Gasteiger partial charge in [0.25, 0.3) is 11.8 Å². The van der Waals surface area contributed by atoms with E-state index < -0.39 is 11.9 Å². The Morgan fingerprint density at radius 1 is 1.14 bits per heavy atom. The Morgan fingerprint density at radius 2 is 1.89 bits per heavy atom. The SMILES string of the molecule is CCOC(=O)[C@@H]1CCCN(C(=O)[C@@H](C)NC(=O)c2cc3n(n2)CCCN(Cc2ccc(C)cc2)C3=O)C1. The van der Waals surface area contributed by atoms with Crippen molar-refractivity contribution < 1.29 is 23.9 Å². The molecule has 10 nitrogen and oxygen atoms in total. The molecule has 2 aliphatic rings. The van der Waals surface area contributed by atoms with E-state index in [2.05, 4.69) is 10.4 Å². The van der Waals surface area contributed by atoms with Crippen LogP contribution in [0.4, 0.5) is 0 Å². The van der Waals surface area contributed by atoms with Crippen molar-refractivity contribution in [3.05, 3.63) is 52.8 Å². The van der Waals surface area contributed by atoms with Gasteiger partial charge >= 0.3 is 5.97 Å². The van der Waals surface area contributed by atoms with Gasteiger partial charge in [0, 0.05) is 38.8 Å². The fourth-order valence-corrected chi connectivity index (χ4v) is 4.85. The predicted octanol–water partition coefficient (Wildman–Crippen LogP) is 2.16. The van der Waals surface area contributed by atoms with E-state index in [1.165, 1.54) is 6.07 Å². The normalized spacial score (nSPS) is 18.6. The highest BCUT2D eigenvalue weighted by Gasteiger charge is 2.32. The minimum atomic E-state index is -0.802. The maximum absolute atomic E-state index is 13.2. The Labute approximate surface area is 216 Å². The number of esters is 1. The summed E-state index contributed by atoms with van der Waals surface area (Å²) < 4.78 is 6.68. The summed E-state index contributed by atoms with van der Waals surface area (Å²) in [6.07, 6.45) is 2.10. The van der Waals surface area contributed by atoms with Gasteiger partial charge < -0.3 is 19.9 Å². The van der Waals surface area contributed by atoms with Crippen molar-refractivity contribution in [3.63, 3.8) is 0 Å². The molecule has 2 atom stereocenters. The summed E-state index contributed by atoms with van der Waals surface area (Å²) >= 11 is 0. The molecule has 0 bridgehead atoms. The lowest BCUT2D eigenvalue weighted by Crippen LogP contribution is -2.51. The molecule has 0 spiro atoms. The zero-order chi connectivity index (χ0) is 26.5. The van der Waals surface area contributed by atoms with Crippen LogP contribution >= 0.6 is 0 Å². The zero-order valence-electron chi connectivity index (χ0n) is 21.7. The first-order chi connectivity index (χ1) is 17.8. The van der Waals surface area contributed by atoms with E-state index in [0.29, 0.717) is 51.3 Å². The van der Waals surface area contributed by atoms with Crippen molar-refractivity contribution in [2.75, 3.05) is 26.2 Å². The third-order valence-electron chi connectivity index (χ3n) is 6.88. The zero-order valence-corrected chi connectivity index (χ0v) is 21.7. The van der Waals surface area contributed by atoms with Crippen LogP contribution in [0.5, 0.6) is 0 Å². The molecule has 37 heavy (non-hydrogen) atoms. The minimum Gasteiger partial charge on any atom is -0.466 e. The van der Waals surface area contributed by atoms with E-state index in [1.807, 2.05) is 31.2 Å². The number of nitrogens with one attached hydrogen (secondary N) is 1. The van der Waals surface area contributed by atoms with Crippen LogP contribution in [0.25, 0.3) is 0 Å². The van der Waals surface area contributed by atoms with Crippen LogP contribution < -0.4 is 5.32 Å². The predicted molar refractivity (Wildman–Crippen MR) is 136 cm³/mol. The molecule has 4 rings (SSSR count). The number of aromatic nitrogens is 2. The summed E-state index contributed by atoms with van der Waals surface area (Å²) in [5, 5.41) is 7.08. The van der Waals surface area contributed by atoms with Gasteiger partial charge in [0.1, 0.15) is 11.7 Å². The summed E-state index contributed by atoms with van der Waals surface area (Å²) in [5.74, 6) is -1.59. The molecule has 1 aromatic heterocycles. The van der Waals surface area contributed by atoms with E-state index in [-0.39, 0.29) is 35.9 Å². The van der Waals surface area contributed by atoms with Crippen molar-refractivity contribution in [1.29, 1.82) is 0 Å². The number of hydrogen-bond donors (Lipinski definition) is 1. The average molecular weight is 510 g/mol. The monoisotopic (exact) mass is 509 g/mol. The molecule has 198 valence electrons. The molecule has 0 aliphatic carbocycles. The number of carbonyl (C=O) groups excluding carboxylic acids is 4. The molecule has 0 saturated carbocycles. The molecule has 2 aromatic rings. The van der Waals surface area contributed by atoms with Crippen LogP contribution in [0.15, 0.2) is 30.3 Å². The molecule has 3 amide bonds. The van der Waals surface area contributed by atoms with Crippen LogP contribution in [0, 0.1) is 12.8 Å². The van der Waals surface area contributed by atoms with E-state index in [9.17, 15) is 19.2 Å². The van der Waals surface area contributed by atoms with E-state index in [1.54, 1.807) is 28.3 Å². The molecule has 1 saturated heterocycles.